The molecule has 2 aromatic rings. The number of fused-ring (bicyclic) bond motifs is 1. The molecule has 0 bridgehead atoms. The van der Waals surface area contributed by atoms with Gasteiger partial charge in [-0.2, -0.15) is 4.99 Å². The standard InChI is InChI=1S/C23H23ClN2O6S2/c1-14-4-2-5-16(10-14)32-19-9-8-15(24)11-17(19)26-18-12-34(30,31)13-20(18)33-23(26)25-21(27)6-3-7-22(28)29/h2,4-5,8-11,18,20H,3,6-7,12-13H2,1H3,(H,28,29)/t18-,20+/m0/s1. The van der Waals surface area contributed by atoms with Crippen LogP contribution in [0.25, 0.3) is 0 Å². The number of hydrogen-bond acceptors (Lipinski definition) is 6. The van der Waals surface area contributed by atoms with Gasteiger partial charge in [0.1, 0.15) is 5.75 Å². The van der Waals surface area contributed by atoms with Gasteiger partial charge in [0.25, 0.3) is 0 Å². The average Bonchev–Trinajstić information content (AvgIpc) is 3.19. The SMILES string of the molecule is Cc1cccc(Oc2ccc(Cl)cc2N2C(=NC(=O)CCCC(=O)O)S[C@@H]3CS(=O)(=O)C[C@@H]32)c1. The van der Waals surface area contributed by atoms with Crippen LogP contribution in [-0.4, -0.2) is 53.4 Å². The van der Waals surface area contributed by atoms with Crippen LogP contribution in [0.4, 0.5) is 5.69 Å². The molecule has 2 aliphatic rings. The van der Waals surface area contributed by atoms with Crippen LogP contribution in [0.5, 0.6) is 11.5 Å². The number of amidine groups is 1. The molecule has 0 unspecified atom stereocenters. The normalized spacial score (nSPS) is 22.1. The maximum absolute atomic E-state index is 12.5. The minimum absolute atomic E-state index is 0.0139. The number of halogens is 1. The van der Waals surface area contributed by atoms with E-state index < -0.39 is 27.8 Å². The number of sulfone groups is 1. The van der Waals surface area contributed by atoms with E-state index in [0.717, 1.165) is 5.56 Å². The molecule has 180 valence electrons. The van der Waals surface area contributed by atoms with Gasteiger partial charge >= 0.3 is 5.97 Å². The van der Waals surface area contributed by atoms with E-state index in [1.807, 2.05) is 31.2 Å². The number of rotatable bonds is 7. The van der Waals surface area contributed by atoms with E-state index in [-0.39, 0.29) is 36.0 Å². The number of ether oxygens (including phenoxy) is 1. The van der Waals surface area contributed by atoms with Crippen molar-refractivity contribution in [2.45, 2.75) is 37.5 Å². The highest BCUT2D eigenvalue weighted by Gasteiger charge is 2.50. The second kappa shape index (κ2) is 9.97. The Labute approximate surface area is 206 Å². The highest BCUT2D eigenvalue weighted by Crippen LogP contribution is 2.45. The molecule has 0 aromatic heterocycles. The first-order valence-corrected chi connectivity index (χ1v) is 13.7. The largest absolute Gasteiger partial charge is 0.481 e. The van der Waals surface area contributed by atoms with Gasteiger partial charge in [-0.05, 0) is 49.2 Å². The summed E-state index contributed by atoms with van der Waals surface area (Å²) in [5.41, 5.74) is 1.53. The van der Waals surface area contributed by atoms with Gasteiger partial charge < -0.3 is 14.7 Å². The molecule has 34 heavy (non-hydrogen) atoms. The molecule has 0 saturated carbocycles. The summed E-state index contributed by atoms with van der Waals surface area (Å²) in [7, 11) is -3.25. The Kier molecular flexibility index (Phi) is 7.20. The summed E-state index contributed by atoms with van der Waals surface area (Å²) in [4.78, 5) is 29.2. The summed E-state index contributed by atoms with van der Waals surface area (Å²) in [6.45, 7) is 1.95. The topological polar surface area (TPSA) is 113 Å². The molecule has 2 heterocycles. The number of carboxylic acid groups (broad SMARTS) is 1. The second-order valence-electron chi connectivity index (χ2n) is 8.24. The zero-order valence-corrected chi connectivity index (χ0v) is 20.7. The average molecular weight is 523 g/mol. The zero-order chi connectivity index (χ0) is 24.5. The third-order valence-electron chi connectivity index (χ3n) is 5.47. The molecule has 1 amide bonds. The van der Waals surface area contributed by atoms with Gasteiger partial charge in [0.2, 0.25) is 5.91 Å². The first-order valence-electron chi connectivity index (χ1n) is 10.6. The molecule has 8 nitrogen and oxygen atoms in total. The summed E-state index contributed by atoms with van der Waals surface area (Å²) >= 11 is 7.54. The number of anilines is 1. The highest BCUT2D eigenvalue weighted by atomic mass is 35.5. The van der Waals surface area contributed by atoms with Gasteiger partial charge in [0, 0.05) is 23.1 Å². The van der Waals surface area contributed by atoms with Crippen molar-refractivity contribution in [2.24, 2.45) is 4.99 Å². The Hall–Kier alpha value is -2.56. The van der Waals surface area contributed by atoms with Crippen LogP contribution in [0.3, 0.4) is 0 Å². The van der Waals surface area contributed by atoms with Crippen molar-refractivity contribution in [3.05, 3.63) is 53.1 Å². The fourth-order valence-corrected chi connectivity index (χ4v) is 8.06. The maximum atomic E-state index is 12.5. The summed E-state index contributed by atoms with van der Waals surface area (Å²) < 4.78 is 30.9. The number of aryl methyl sites for hydroxylation is 1. The van der Waals surface area contributed by atoms with Crippen LogP contribution in [0, 0.1) is 6.92 Å². The Morgan fingerprint density at radius 1 is 1.21 bits per heavy atom. The van der Waals surface area contributed by atoms with E-state index in [2.05, 4.69) is 4.99 Å². The third-order valence-corrected chi connectivity index (χ3v) is 8.91. The number of carbonyl (C=O) groups excluding carboxylic acids is 1. The molecule has 11 heteroatoms. The molecule has 4 rings (SSSR count). The lowest BCUT2D eigenvalue weighted by molar-refractivity contribution is -0.137. The van der Waals surface area contributed by atoms with Gasteiger partial charge in [-0.1, -0.05) is 35.5 Å². The first-order chi connectivity index (χ1) is 16.1. The lowest BCUT2D eigenvalue weighted by Crippen LogP contribution is -2.38. The fourth-order valence-electron chi connectivity index (χ4n) is 3.97. The van der Waals surface area contributed by atoms with Crippen molar-refractivity contribution >= 4 is 55.9 Å². The van der Waals surface area contributed by atoms with E-state index in [4.69, 9.17) is 21.4 Å². The van der Waals surface area contributed by atoms with Crippen molar-refractivity contribution in [3.8, 4) is 11.5 Å². The van der Waals surface area contributed by atoms with Crippen molar-refractivity contribution in [1.82, 2.24) is 0 Å². The van der Waals surface area contributed by atoms with Crippen LogP contribution in [-0.2, 0) is 19.4 Å². The molecule has 0 aliphatic carbocycles. The van der Waals surface area contributed by atoms with Gasteiger partial charge in [0.05, 0.1) is 23.2 Å². The predicted molar refractivity (Wildman–Crippen MR) is 133 cm³/mol. The predicted octanol–water partition coefficient (Wildman–Crippen LogP) is 4.30. The second-order valence-corrected chi connectivity index (χ2v) is 12.0. The van der Waals surface area contributed by atoms with E-state index >= 15 is 0 Å². The lowest BCUT2D eigenvalue weighted by Gasteiger charge is -2.27. The molecule has 0 radical (unpaired) electrons. The number of aliphatic carboxylic acids is 1. The Bertz CT molecular complexity index is 1260. The summed E-state index contributed by atoms with van der Waals surface area (Å²) in [5, 5.41) is 9.31. The summed E-state index contributed by atoms with van der Waals surface area (Å²) in [5.74, 6) is -0.470. The molecular formula is C23H23ClN2O6S2. The van der Waals surface area contributed by atoms with E-state index in [1.165, 1.54) is 11.8 Å². The van der Waals surface area contributed by atoms with Gasteiger partial charge in [-0.15, -0.1) is 0 Å². The summed E-state index contributed by atoms with van der Waals surface area (Å²) in [6, 6.07) is 12.1. The van der Waals surface area contributed by atoms with Crippen LogP contribution < -0.4 is 9.64 Å². The van der Waals surface area contributed by atoms with E-state index in [1.54, 1.807) is 23.1 Å². The monoisotopic (exact) mass is 522 g/mol. The van der Waals surface area contributed by atoms with Crippen molar-refractivity contribution < 1.29 is 27.9 Å². The van der Waals surface area contributed by atoms with Crippen molar-refractivity contribution in [2.75, 3.05) is 16.4 Å². The highest BCUT2D eigenvalue weighted by molar-refractivity contribution is 8.16. The van der Waals surface area contributed by atoms with Crippen molar-refractivity contribution in [1.29, 1.82) is 0 Å². The molecular weight excluding hydrogens is 500 g/mol. The fraction of sp³-hybridized carbons (Fsp3) is 0.348. The number of benzene rings is 2. The zero-order valence-electron chi connectivity index (χ0n) is 18.3. The van der Waals surface area contributed by atoms with Gasteiger partial charge in [-0.3, -0.25) is 9.59 Å². The number of thioether (sulfide) groups is 1. The Morgan fingerprint density at radius 3 is 2.74 bits per heavy atom. The quantitative estimate of drug-likeness (QED) is 0.572. The number of aliphatic imine (C=N–C) groups is 1. The number of nitrogens with zero attached hydrogens (tertiary/aromatic N) is 2. The Morgan fingerprint density at radius 2 is 2.00 bits per heavy atom. The van der Waals surface area contributed by atoms with Crippen LogP contribution >= 0.6 is 23.4 Å². The molecule has 0 spiro atoms. The molecule has 2 fully saturated rings. The minimum atomic E-state index is -3.25. The number of hydrogen-bond donors (Lipinski definition) is 1. The van der Waals surface area contributed by atoms with Crippen molar-refractivity contribution in [3.63, 3.8) is 0 Å². The number of carboxylic acids is 1. The van der Waals surface area contributed by atoms with E-state index in [0.29, 0.717) is 27.4 Å². The van der Waals surface area contributed by atoms with Crippen LogP contribution in [0.2, 0.25) is 5.02 Å². The number of carbonyl (C=O) groups is 2. The number of amides is 1. The molecule has 2 atom stereocenters. The van der Waals surface area contributed by atoms with Gasteiger partial charge in [-0.25, -0.2) is 8.42 Å². The lowest BCUT2D eigenvalue weighted by atomic mass is 10.2. The molecule has 1 N–H and O–H groups in total. The van der Waals surface area contributed by atoms with E-state index in [9.17, 15) is 18.0 Å². The molecule has 2 saturated heterocycles. The maximum Gasteiger partial charge on any atom is 0.303 e. The van der Waals surface area contributed by atoms with Crippen LogP contribution in [0.1, 0.15) is 24.8 Å². The Balaban J connectivity index is 1.71. The molecule has 2 aliphatic heterocycles. The summed E-state index contributed by atoms with van der Waals surface area (Å²) in [6.07, 6.45) is 0.0372. The minimum Gasteiger partial charge on any atom is -0.481 e. The smallest absolute Gasteiger partial charge is 0.303 e. The van der Waals surface area contributed by atoms with Gasteiger partial charge in [0.15, 0.2) is 20.8 Å². The third kappa shape index (κ3) is 5.73. The first kappa shape index (κ1) is 24.6. The molecule has 2 aromatic carbocycles. The van der Waals surface area contributed by atoms with Crippen LogP contribution in [0.15, 0.2) is 47.5 Å².